The van der Waals surface area contributed by atoms with Gasteiger partial charge >= 0.3 is 0 Å². The van der Waals surface area contributed by atoms with Crippen molar-refractivity contribution in [1.82, 2.24) is 10.6 Å². The second-order valence-corrected chi connectivity index (χ2v) is 5.99. The number of hydrogen-bond donors (Lipinski definition) is 2. The molecule has 1 aromatic rings. The highest BCUT2D eigenvalue weighted by atomic mass is 35.5. The Morgan fingerprint density at radius 2 is 2.06 bits per heavy atom. The topological polar surface area (TPSA) is 24.1 Å². The van der Waals surface area contributed by atoms with E-state index in [0.29, 0.717) is 6.04 Å². The van der Waals surface area contributed by atoms with Crippen LogP contribution in [0.15, 0.2) is 29.2 Å². The summed E-state index contributed by atoms with van der Waals surface area (Å²) in [4.78, 5) is 1.23. The van der Waals surface area contributed by atoms with Gasteiger partial charge in [-0.15, -0.1) is 11.8 Å². The first-order chi connectivity index (χ1) is 8.24. The molecular formula is C12H15ClN2S2. The van der Waals surface area contributed by atoms with Gasteiger partial charge in [-0.3, -0.25) is 0 Å². The SMILES string of the molecule is S=C(NCCSc1ccc(Cl)cc1)NC1CC1. The minimum Gasteiger partial charge on any atom is -0.362 e. The number of rotatable bonds is 5. The molecule has 0 bridgehead atoms. The van der Waals surface area contributed by atoms with Crippen LogP contribution in [-0.2, 0) is 0 Å². The Labute approximate surface area is 117 Å². The summed E-state index contributed by atoms with van der Waals surface area (Å²) >= 11 is 12.8. The van der Waals surface area contributed by atoms with E-state index < -0.39 is 0 Å². The van der Waals surface area contributed by atoms with E-state index in [-0.39, 0.29) is 0 Å². The lowest BCUT2D eigenvalue weighted by Gasteiger charge is -2.09. The molecule has 17 heavy (non-hydrogen) atoms. The van der Waals surface area contributed by atoms with Crippen LogP contribution in [0.5, 0.6) is 0 Å². The fourth-order valence-electron chi connectivity index (χ4n) is 1.33. The summed E-state index contributed by atoms with van der Waals surface area (Å²) in [6.07, 6.45) is 2.50. The van der Waals surface area contributed by atoms with Gasteiger partial charge in [0.15, 0.2) is 5.11 Å². The van der Waals surface area contributed by atoms with Gasteiger partial charge in [-0.05, 0) is 49.3 Å². The van der Waals surface area contributed by atoms with E-state index in [9.17, 15) is 0 Å². The number of benzene rings is 1. The lowest BCUT2D eigenvalue weighted by molar-refractivity contribution is 0.853. The van der Waals surface area contributed by atoms with Crippen LogP contribution in [0, 0.1) is 0 Å². The molecule has 1 aliphatic rings. The quantitative estimate of drug-likeness (QED) is 0.494. The first-order valence-corrected chi connectivity index (χ1v) is 7.44. The van der Waals surface area contributed by atoms with Crippen LogP contribution >= 0.6 is 35.6 Å². The minimum atomic E-state index is 0.624. The molecule has 0 unspecified atom stereocenters. The molecule has 92 valence electrons. The highest BCUT2D eigenvalue weighted by molar-refractivity contribution is 7.99. The van der Waals surface area contributed by atoms with Gasteiger partial charge < -0.3 is 10.6 Å². The lowest BCUT2D eigenvalue weighted by atomic mass is 10.4. The van der Waals surface area contributed by atoms with Crippen LogP contribution in [-0.4, -0.2) is 23.5 Å². The monoisotopic (exact) mass is 286 g/mol. The molecule has 1 aromatic carbocycles. The molecule has 2 N–H and O–H groups in total. The Morgan fingerprint density at radius 1 is 1.35 bits per heavy atom. The highest BCUT2D eigenvalue weighted by Crippen LogP contribution is 2.20. The van der Waals surface area contributed by atoms with E-state index in [4.69, 9.17) is 23.8 Å². The van der Waals surface area contributed by atoms with E-state index in [0.717, 1.165) is 22.4 Å². The van der Waals surface area contributed by atoms with Gasteiger partial charge in [-0.1, -0.05) is 11.6 Å². The maximum atomic E-state index is 5.82. The third kappa shape index (κ3) is 5.15. The van der Waals surface area contributed by atoms with Crippen molar-refractivity contribution in [2.45, 2.75) is 23.8 Å². The summed E-state index contributed by atoms with van der Waals surface area (Å²) in [5.74, 6) is 0.994. The molecule has 0 radical (unpaired) electrons. The molecule has 2 rings (SSSR count). The molecule has 1 aliphatic carbocycles. The van der Waals surface area contributed by atoms with Crippen LogP contribution in [0.4, 0.5) is 0 Å². The third-order valence-corrected chi connectivity index (χ3v) is 3.91. The van der Waals surface area contributed by atoms with Gasteiger partial charge in [-0.25, -0.2) is 0 Å². The molecule has 0 aliphatic heterocycles. The first-order valence-electron chi connectivity index (χ1n) is 5.67. The number of nitrogens with one attached hydrogen (secondary N) is 2. The number of hydrogen-bond acceptors (Lipinski definition) is 2. The van der Waals surface area contributed by atoms with E-state index >= 15 is 0 Å². The standard InChI is InChI=1S/C12H15ClN2S2/c13-9-1-5-11(6-2-9)17-8-7-14-12(16)15-10-3-4-10/h1-2,5-6,10H,3-4,7-8H2,(H2,14,15,16). The van der Waals surface area contributed by atoms with Crippen molar-refractivity contribution in [3.8, 4) is 0 Å². The highest BCUT2D eigenvalue weighted by Gasteiger charge is 2.21. The fourth-order valence-corrected chi connectivity index (χ4v) is 2.49. The van der Waals surface area contributed by atoms with Gasteiger partial charge in [0.1, 0.15) is 0 Å². The van der Waals surface area contributed by atoms with E-state index in [1.165, 1.54) is 17.7 Å². The summed E-state index contributed by atoms with van der Waals surface area (Å²) < 4.78 is 0. The minimum absolute atomic E-state index is 0.624. The van der Waals surface area contributed by atoms with Crippen molar-refractivity contribution in [3.05, 3.63) is 29.3 Å². The molecule has 0 amide bonds. The van der Waals surface area contributed by atoms with Gasteiger partial charge in [0.2, 0.25) is 0 Å². The molecule has 0 saturated heterocycles. The van der Waals surface area contributed by atoms with Gasteiger partial charge in [0.25, 0.3) is 0 Å². The van der Waals surface area contributed by atoms with Crippen molar-refractivity contribution >= 4 is 40.7 Å². The Hall–Kier alpha value is -0.450. The lowest BCUT2D eigenvalue weighted by Crippen LogP contribution is -2.37. The van der Waals surface area contributed by atoms with E-state index in [2.05, 4.69) is 10.6 Å². The van der Waals surface area contributed by atoms with E-state index in [1.807, 2.05) is 24.3 Å². The molecule has 1 saturated carbocycles. The van der Waals surface area contributed by atoms with Crippen LogP contribution < -0.4 is 10.6 Å². The van der Waals surface area contributed by atoms with Crippen LogP contribution in [0.3, 0.4) is 0 Å². The maximum Gasteiger partial charge on any atom is 0.166 e. The first kappa shape index (κ1) is 13.0. The largest absolute Gasteiger partial charge is 0.362 e. The third-order valence-electron chi connectivity index (χ3n) is 2.38. The second kappa shape index (κ2) is 6.47. The van der Waals surface area contributed by atoms with Gasteiger partial charge in [-0.2, -0.15) is 0 Å². The average molecular weight is 287 g/mol. The van der Waals surface area contributed by atoms with Crippen LogP contribution in [0.2, 0.25) is 5.02 Å². The van der Waals surface area contributed by atoms with Crippen LogP contribution in [0.25, 0.3) is 0 Å². The van der Waals surface area contributed by atoms with Gasteiger partial charge in [0, 0.05) is 28.3 Å². The Balaban J connectivity index is 1.59. The summed E-state index contributed by atoms with van der Waals surface area (Å²) in [5, 5.41) is 8.02. The molecule has 2 nitrogen and oxygen atoms in total. The smallest absolute Gasteiger partial charge is 0.166 e. The summed E-state index contributed by atoms with van der Waals surface area (Å²) in [5.41, 5.74) is 0. The zero-order valence-electron chi connectivity index (χ0n) is 9.41. The summed E-state index contributed by atoms with van der Waals surface area (Å²) in [6, 6.07) is 8.52. The zero-order chi connectivity index (χ0) is 12.1. The van der Waals surface area contributed by atoms with Crippen molar-refractivity contribution in [1.29, 1.82) is 0 Å². The molecule has 0 spiro atoms. The summed E-state index contributed by atoms with van der Waals surface area (Å²) in [7, 11) is 0. The normalized spacial score (nSPS) is 14.4. The van der Waals surface area contributed by atoms with Gasteiger partial charge in [0.05, 0.1) is 0 Å². The van der Waals surface area contributed by atoms with Crippen molar-refractivity contribution < 1.29 is 0 Å². The van der Waals surface area contributed by atoms with Crippen LogP contribution in [0.1, 0.15) is 12.8 Å². The molecular weight excluding hydrogens is 272 g/mol. The van der Waals surface area contributed by atoms with E-state index in [1.54, 1.807) is 11.8 Å². The molecule has 5 heteroatoms. The summed E-state index contributed by atoms with van der Waals surface area (Å²) in [6.45, 7) is 0.881. The number of thioether (sulfide) groups is 1. The molecule has 0 aromatic heterocycles. The molecule has 1 fully saturated rings. The Kier molecular flexibility index (Phi) is 4.95. The molecule has 0 atom stereocenters. The average Bonchev–Trinajstić information content (AvgIpc) is 3.11. The fraction of sp³-hybridized carbons (Fsp3) is 0.417. The predicted octanol–water partition coefficient (Wildman–Crippen LogP) is 3.06. The zero-order valence-corrected chi connectivity index (χ0v) is 11.8. The second-order valence-electron chi connectivity index (χ2n) is 3.98. The predicted molar refractivity (Wildman–Crippen MR) is 78.9 cm³/mol. The Morgan fingerprint density at radius 3 is 2.71 bits per heavy atom. The Bertz CT molecular complexity index is 377. The van der Waals surface area contributed by atoms with Crippen molar-refractivity contribution in [3.63, 3.8) is 0 Å². The van der Waals surface area contributed by atoms with Crippen molar-refractivity contribution in [2.24, 2.45) is 0 Å². The number of halogens is 1. The van der Waals surface area contributed by atoms with Crippen molar-refractivity contribution in [2.75, 3.05) is 12.3 Å². The number of thiocarbonyl (C=S) groups is 1. The molecule has 0 heterocycles. The maximum absolute atomic E-state index is 5.82.